The van der Waals surface area contributed by atoms with Crippen LogP contribution in [0.3, 0.4) is 0 Å². The zero-order valence-electron chi connectivity index (χ0n) is 43.5. The molecule has 0 saturated carbocycles. The number of ether oxygens (including phenoxy) is 8. The van der Waals surface area contributed by atoms with Crippen LogP contribution in [0.4, 0.5) is 10.5 Å². The molecule has 4 heterocycles. The van der Waals surface area contributed by atoms with Crippen molar-refractivity contribution in [1.29, 1.82) is 0 Å². The van der Waals surface area contributed by atoms with Crippen LogP contribution < -0.4 is 10.2 Å². The molecule has 5 rings (SSSR count). The van der Waals surface area contributed by atoms with Crippen molar-refractivity contribution in [2.75, 3.05) is 85.9 Å². The number of epoxide rings is 1. The van der Waals surface area contributed by atoms with E-state index in [9.17, 15) is 34.2 Å². The first kappa shape index (κ1) is 58.8. The first-order valence-corrected chi connectivity index (χ1v) is 24.9. The molecular formula is C50H74ClN7O15. The number of likely N-dealkylation sites (N-methyl/N-ethyl adjacent to an activating group) is 2. The second kappa shape index (κ2) is 27.5. The Kier molecular flexibility index (Phi) is 22.2. The highest BCUT2D eigenvalue weighted by molar-refractivity contribution is 6.34. The van der Waals surface area contributed by atoms with Crippen LogP contribution in [0, 0.1) is 5.92 Å². The molecule has 406 valence electrons. The van der Waals surface area contributed by atoms with Gasteiger partial charge in [0.15, 0.2) is 5.72 Å². The normalized spacial score (nSPS) is 25.9. The molecule has 4 bridgehead atoms. The van der Waals surface area contributed by atoms with E-state index in [1.54, 1.807) is 63.1 Å². The van der Waals surface area contributed by atoms with Gasteiger partial charge in [0.1, 0.15) is 35.6 Å². The van der Waals surface area contributed by atoms with Crippen LogP contribution in [0.15, 0.2) is 42.1 Å². The van der Waals surface area contributed by atoms with Crippen LogP contribution in [-0.2, 0) is 83.8 Å². The van der Waals surface area contributed by atoms with Crippen molar-refractivity contribution < 1.29 is 72.1 Å². The third-order valence-corrected chi connectivity index (χ3v) is 13.8. The van der Waals surface area contributed by atoms with E-state index in [1.165, 1.54) is 42.8 Å². The number of aliphatic hydroxyl groups is 2. The van der Waals surface area contributed by atoms with Crippen LogP contribution in [-0.4, -0.2) is 188 Å². The molecular weight excluding hydrogens is 974 g/mol. The van der Waals surface area contributed by atoms with Gasteiger partial charge in [0.2, 0.25) is 17.7 Å². The quantitative estimate of drug-likeness (QED) is 0.0821. The fraction of sp³-hybridized carbons (Fsp3) is 0.660. The zero-order valence-corrected chi connectivity index (χ0v) is 44.3. The van der Waals surface area contributed by atoms with Crippen molar-refractivity contribution in [3.8, 4) is 0 Å². The molecule has 73 heavy (non-hydrogen) atoms. The van der Waals surface area contributed by atoms with Crippen molar-refractivity contribution in [1.82, 2.24) is 30.1 Å². The van der Waals surface area contributed by atoms with E-state index in [4.69, 9.17) is 49.5 Å². The second-order valence-corrected chi connectivity index (χ2v) is 19.3. The van der Waals surface area contributed by atoms with E-state index in [-0.39, 0.29) is 43.0 Å². The average molecular weight is 1050 g/mol. The number of allylic oxidation sites excluding steroid dienone is 3. The van der Waals surface area contributed by atoms with Crippen molar-refractivity contribution >= 4 is 47.1 Å². The number of esters is 1. The van der Waals surface area contributed by atoms with Crippen LogP contribution in [0.2, 0.25) is 5.02 Å². The minimum atomic E-state index is -1.88. The average Bonchev–Trinajstić information content (AvgIpc) is 3.88. The van der Waals surface area contributed by atoms with Crippen LogP contribution in [0.25, 0.3) is 0 Å². The highest BCUT2D eigenvalue weighted by Crippen LogP contribution is 2.49. The standard InChI is InChI=1S/C50H74ClN7O15/c1-32-12-10-13-40(66-9)50(65)28-39(71-48(64)52-50)33(2)46-49(4,73-46)41(27-44(62)58(8)38-26-35(24-32)25-36(30-59)45(38)51)72-47(63)34(3)57(7)43(61)15-11-14-42(60)55(5)16-17-67-18-19-68-20-21-69-22-23-70-31-37-29-56(6)54-53-37/h10,12-13,25-26,29,33-34,39-41,46,59,65H,11,14-24,27-28,30-31H2,1-9H3,(H,52,64)/b13-10+,32-12-/t33-,34+,39+,40-,41+,46+,49+,50+/m1/s1. The number of carbonyl (C=O) groups excluding carboxylic acids is 5. The van der Waals surface area contributed by atoms with Crippen LogP contribution in [0.1, 0.15) is 76.6 Å². The molecule has 3 aliphatic heterocycles. The number of fused-ring (bicyclic) bond motifs is 5. The Labute approximate surface area is 432 Å². The minimum Gasteiger partial charge on any atom is -0.457 e. The molecule has 2 saturated heterocycles. The summed E-state index contributed by atoms with van der Waals surface area (Å²) in [5.74, 6) is -2.48. The fourth-order valence-electron chi connectivity index (χ4n) is 8.66. The summed E-state index contributed by atoms with van der Waals surface area (Å²) in [7, 11) is 7.84. The lowest BCUT2D eigenvalue weighted by atomic mass is 9.83. The van der Waals surface area contributed by atoms with Gasteiger partial charge in [-0.15, -0.1) is 5.10 Å². The molecule has 3 N–H and O–H groups in total. The molecule has 4 amide bonds. The van der Waals surface area contributed by atoms with Gasteiger partial charge in [-0.05, 0) is 50.8 Å². The monoisotopic (exact) mass is 1050 g/mol. The maximum atomic E-state index is 14.3. The Hall–Kier alpha value is -5.04. The maximum Gasteiger partial charge on any atom is 0.409 e. The number of carbonyl (C=O) groups is 5. The molecule has 8 atom stereocenters. The van der Waals surface area contributed by atoms with Crippen molar-refractivity contribution in [3.63, 3.8) is 0 Å². The van der Waals surface area contributed by atoms with Gasteiger partial charge in [0.25, 0.3) is 0 Å². The number of hydrogen-bond donors (Lipinski definition) is 3. The Bertz CT molecular complexity index is 2260. The number of aryl methyl sites for hydroxylation is 1. The van der Waals surface area contributed by atoms with Gasteiger partial charge >= 0.3 is 12.1 Å². The number of methoxy groups -OCH3 is 1. The number of anilines is 1. The number of nitrogens with zero attached hydrogens (tertiary/aromatic N) is 6. The third kappa shape index (κ3) is 16.5. The fourth-order valence-corrected chi connectivity index (χ4v) is 8.96. The number of hydrogen-bond acceptors (Lipinski definition) is 17. The molecule has 1 aromatic carbocycles. The van der Waals surface area contributed by atoms with Gasteiger partial charge in [0.05, 0.1) is 88.9 Å². The zero-order chi connectivity index (χ0) is 53.5. The molecule has 0 spiro atoms. The maximum absolute atomic E-state index is 14.3. The van der Waals surface area contributed by atoms with E-state index >= 15 is 0 Å². The van der Waals surface area contributed by atoms with E-state index in [0.717, 1.165) is 16.8 Å². The first-order valence-electron chi connectivity index (χ1n) is 24.5. The van der Waals surface area contributed by atoms with Crippen molar-refractivity contribution in [3.05, 3.63) is 64.0 Å². The minimum absolute atomic E-state index is 0.0275. The summed E-state index contributed by atoms with van der Waals surface area (Å²) < 4.78 is 47.5. The molecule has 0 radical (unpaired) electrons. The van der Waals surface area contributed by atoms with Crippen LogP contribution in [0.5, 0.6) is 0 Å². The second-order valence-electron chi connectivity index (χ2n) is 19.0. The van der Waals surface area contributed by atoms with E-state index < -0.39 is 78.2 Å². The molecule has 3 aliphatic rings. The number of rotatable bonds is 23. The van der Waals surface area contributed by atoms with Crippen LogP contribution >= 0.6 is 11.6 Å². The number of nitrogens with one attached hydrogen (secondary N) is 1. The van der Waals surface area contributed by atoms with E-state index in [0.29, 0.717) is 77.1 Å². The number of aromatic nitrogens is 3. The lowest BCUT2D eigenvalue weighted by Gasteiger charge is -2.42. The Morgan fingerprint density at radius 2 is 1.67 bits per heavy atom. The number of benzene rings is 1. The molecule has 2 fully saturated rings. The highest BCUT2D eigenvalue weighted by Gasteiger charge is 2.64. The highest BCUT2D eigenvalue weighted by atomic mass is 35.5. The molecule has 23 heteroatoms. The number of aliphatic hydroxyl groups excluding tert-OH is 1. The summed E-state index contributed by atoms with van der Waals surface area (Å²) in [6.45, 7) is 9.80. The summed E-state index contributed by atoms with van der Waals surface area (Å²) in [6, 6.07) is 2.38. The molecule has 22 nitrogen and oxygen atoms in total. The van der Waals surface area contributed by atoms with Gasteiger partial charge in [-0.3, -0.25) is 24.4 Å². The van der Waals surface area contributed by atoms with Gasteiger partial charge in [-0.25, -0.2) is 9.59 Å². The van der Waals surface area contributed by atoms with E-state index in [2.05, 4.69) is 15.6 Å². The predicted molar refractivity (Wildman–Crippen MR) is 265 cm³/mol. The topological polar surface area (TPSA) is 255 Å². The summed E-state index contributed by atoms with van der Waals surface area (Å²) >= 11 is 6.78. The lowest BCUT2D eigenvalue weighted by molar-refractivity contribution is -0.162. The Morgan fingerprint density at radius 1 is 1.01 bits per heavy atom. The van der Waals surface area contributed by atoms with Crippen molar-refractivity contribution in [2.45, 2.75) is 121 Å². The van der Waals surface area contributed by atoms with E-state index in [1.807, 2.05) is 13.0 Å². The number of alkyl carbamates (subject to hydrolysis) is 1. The molecule has 0 aliphatic carbocycles. The molecule has 1 aromatic heterocycles. The Balaban J connectivity index is 1.14. The summed E-state index contributed by atoms with van der Waals surface area (Å²) in [4.78, 5) is 71.7. The van der Waals surface area contributed by atoms with Gasteiger partial charge in [-0.2, -0.15) is 0 Å². The summed E-state index contributed by atoms with van der Waals surface area (Å²) in [6.07, 6.45) is 2.44. The number of halogens is 1. The lowest BCUT2D eigenvalue weighted by Crippen LogP contribution is -2.63. The smallest absolute Gasteiger partial charge is 0.409 e. The summed E-state index contributed by atoms with van der Waals surface area (Å²) in [5, 5.41) is 32.6. The SMILES string of the molecule is CO[C@@H]1/C=C/C=C(/C)Cc2cc(CO)c(Cl)c(c2)N(C)C(=O)C[C@H](OC(=O)[C@H](C)N(C)C(=O)CCCC(=O)N(C)CCOCCOCCOCCOCc2cn(C)nn2)[C@]2(C)O[C@H]2[C@H](C)[C@@H]2C[C@@]1(O)NC(=O)O2. The largest absolute Gasteiger partial charge is 0.457 e. The van der Waals surface area contributed by atoms with Gasteiger partial charge in [0, 0.05) is 67.0 Å². The van der Waals surface area contributed by atoms with Gasteiger partial charge < -0.3 is 62.8 Å². The predicted octanol–water partition coefficient (Wildman–Crippen LogP) is 3.02. The Morgan fingerprint density at radius 3 is 2.32 bits per heavy atom. The van der Waals surface area contributed by atoms with Crippen molar-refractivity contribution in [2.24, 2.45) is 13.0 Å². The van der Waals surface area contributed by atoms with Gasteiger partial charge in [-0.1, -0.05) is 53.6 Å². The first-order chi connectivity index (χ1) is 34.7. The summed E-state index contributed by atoms with van der Waals surface area (Å²) in [5.41, 5.74) is -0.0810. The third-order valence-electron chi connectivity index (χ3n) is 13.4. The molecule has 0 unspecified atom stereocenters. The molecule has 2 aromatic rings. The number of amides is 4.